The Balaban J connectivity index is 1.35. The number of piperidine rings is 1. The monoisotopic (exact) mass is 410 g/mol. The van der Waals surface area contributed by atoms with Gasteiger partial charge in [0.1, 0.15) is 5.82 Å². The molecule has 0 radical (unpaired) electrons. The highest BCUT2D eigenvalue weighted by Crippen LogP contribution is 2.23. The molecule has 0 unspecified atom stereocenters. The Morgan fingerprint density at radius 2 is 1.82 bits per heavy atom. The zero-order valence-electron chi connectivity index (χ0n) is 16.6. The van der Waals surface area contributed by atoms with Gasteiger partial charge in [0.25, 0.3) is 0 Å². The third-order valence-corrected chi connectivity index (χ3v) is 7.92. The van der Waals surface area contributed by atoms with Crippen molar-refractivity contribution in [2.75, 3.05) is 44.7 Å². The topological polar surface area (TPSA) is 57.7 Å². The number of amides is 1. The molecule has 2 fully saturated rings. The van der Waals surface area contributed by atoms with Gasteiger partial charge in [-0.15, -0.1) is 0 Å². The molecule has 1 amide bonds. The van der Waals surface area contributed by atoms with Crippen molar-refractivity contribution in [1.29, 1.82) is 0 Å². The van der Waals surface area contributed by atoms with Gasteiger partial charge in [0.2, 0.25) is 5.91 Å². The highest BCUT2D eigenvalue weighted by atomic mass is 32.2. The van der Waals surface area contributed by atoms with Gasteiger partial charge < -0.3 is 9.80 Å². The standard InChI is InChI=1S/C21H31FN2O3S/c1-23(21(25)14-19-9-13-28(26,27)16-19)15-18-7-11-24(12-8-18)10-6-17-2-4-20(22)5-3-17/h2-5,18-19H,6-16H2,1H3/t19-/m0/s1. The van der Waals surface area contributed by atoms with E-state index in [0.717, 1.165) is 51.0 Å². The second kappa shape index (κ2) is 9.35. The summed E-state index contributed by atoms with van der Waals surface area (Å²) in [7, 11) is -1.08. The number of hydrogen-bond acceptors (Lipinski definition) is 4. The maximum absolute atomic E-state index is 13.0. The normalized spacial score (nSPS) is 23.0. The first-order valence-corrected chi connectivity index (χ1v) is 12.0. The maximum atomic E-state index is 13.0. The van der Waals surface area contributed by atoms with Crippen LogP contribution < -0.4 is 0 Å². The molecule has 1 atom stereocenters. The van der Waals surface area contributed by atoms with Crippen molar-refractivity contribution in [2.24, 2.45) is 11.8 Å². The lowest BCUT2D eigenvalue weighted by Crippen LogP contribution is -2.40. The van der Waals surface area contributed by atoms with E-state index in [4.69, 9.17) is 0 Å². The summed E-state index contributed by atoms with van der Waals surface area (Å²) in [6.45, 7) is 3.77. The van der Waals surface area contributed by atoms with Gasteiger partial charge in [-0.3, -0.25) is 4.79 Å². The molecule has 0 aliphatic carbocycles. The number of halogens is 1. The van der Waals surface area contributed by atoms with Crippen LogP contribution in [0.15, 0.2) is 24.3 Å². The van der Waals surface area contributed by atoms with E-state index in [0.29, 0.717) is 18.8 Å². The molecule has 28 heavy (non-hydrogen) atoms. The Morgan fingerprint density at radius 3 is 2.43 bits per heavy atom. The summed E-state index contributed by atoms with van der Waals surface area (Å²) >= 11 is 0. The quantitative estimate of drug-likeness (QED) is 0.693. The zero-order valence-corrected chi connectivity index (χ0v) is 17.5. The van der Waals surface area contributed by atoms with E-state index in [2.05, 4.69) is 4.90 Å². The average molecular weight is 411 g/mol. The van der Waals surface area contributed by atoms with Crippen LogP contribution in [0.2, 0.25) is 0 Å². The largest absolute Gasteiger partial charge is 0.345 e. The van der Waals surface area contributed by atoms with Crippen LogP contribution in [-0.4, -0.2) is 68.9 Å². The van der Waals surface area contributed by atoms with E-state index in [1.165, 1.54) is 12.1 Å². The molecule has 1 aromatic rings. The Labute approximate surface area is 167 Å². The van der Waals surface area contributed by atoms with Crippen molar-refractivity contribution < 1.29 is 17.6 Å². The molecule has 5 nitrogen and oxygen atoms in total. The number of likely N-dealkylation sites (tertiary alicyclic amines) is 1. The SMILES string of the molecule is CN(CC1CCN(CCc2ccc(F)cc2)CC1)C(=O)C[C@@H]1CCS(=O)(=O)C1. The molecular formula is C21H31FN2O3S. The van der Waals surface area contributed by atoms with Crippen molar-refractivity contribution in [3.8, 4) is 0 Å². The van der Waals surface area contributed by atoms with Crippen LogP contribution in [0.1, 0.15) is 31.2 Å². The van der Waals surface area contributed by atoms with E-state index >= 15 is 0 Å². The lowest BCUT2D eigenvalue weighted by atomic mass is 9.95. The summed E-state index contributed by atoms with van der Waals surface area (Å²) in [6.07, 6.45) is 4.03. The Kier molecular flexibility index (Phi) is 7.10. The fraction of sp³-hybridized carbons (Fsp3) is 0.667. The Hall–Kier alpha value is -1.47. The maximum Gasteiger partial charge on any atom is 0.222 e. The molecule has 2 saturated heterocycles. The van der Waals surface area contributed by atoms with E-state index < -0.39 is 9.84 Å². The van der Waals surface area contributed by atoms with Gasteiger partial charge in [-0.1, -0.05) is 12.1 Å². The van der Waals surface area contributed by atoms with Gasteiger partial charge in [0, 0.05) is 26.6 Å². The number of benzene rings is 1. The van der Waals surface area contributed by atoms with Gasteiger partial charge in [-0.05, 0) is 68.3 Å². The molecule has 0 saturated carbocycles. The fourth-order valence-corrected chi connectivity index (χ4v) is 6.12. The molecule has 0 aromatic heterocycles. The molecule has 7 heteroatoms. The number of carbonyl (C=O) groups excluding carboxylic acids is 1. The van der Waals surface area contributed by atoms with Gasteiger partial charge in [-0.25, -0.2) is 12.8 Å². The third kappa shape index (κ3) is 6.27. The first-order chi connectivity index (χ1) is 13.3. The number of hydrogen-bond donors (Lipinski definition) is 0. The van der Waals surface area contributed by atoms with Crippen LogP contribution in [-0.2, 0) is 21.1 Å². The van der Waals surface area contributed by atoms with Crippen LogP contribution in [0.4, 0.5) is 4.39 Å². The molecule has 2 aliphatic heterocycles. The minimum atomic E-state index is -2.92. The smallest absolute Gasteiger partial charge is 0.222 e. The van der Waals surface area contributed by atoms with Crippen molar-refractivity contribution in [1.82, 2.24) is 9.80 Å². The summed E-state index contributed by atoms with van der Waals surface area (Å²) in [5.74, 6) is 0.763. The molecule has 0 spiro atoms. The molecule has 3 rings (SSSR count). The van der Waals surface area contributed by atoms with E-state index in [-0.39, 0.29) is 29.1 Å². The number of nitrogens with zero attached hydrogens (tertiary/aromatic N) is 2. The lowest BCUT2D eigenvalue weighted by Gasteiger charge is -2.34. The van der Waals surface area contributed by atoms with Crippen LogP contribution in [0, 0.1) is 17.7 Å². The summed E-state index contributed by atoms with van der Waals surface area (Å²) < 4.78 is 36.1. The Bertz CT molecular complexity index is 758. The second-order valence-electron chi connectivity index (χ2n) is 8.41. The molecule has 0 N–H and O–H groups in total. The summed E-state index contributed by atoms with van der Waals surface area (Å²) in [4.78, 5) is 16.7. The van der Waals surface area contributed by atoms with Gasteiger partial charge >= 0.3 is 0 Å². The minimum absolute atomic E-state index is 0.00624. The first-order valence-electron chi connectivity index (χ1n) is 10.2. The van der Waals surface area contributed by atoms with Gasteiger partial charge in [-0.2, -0.15) is 0 Å². The average Bonchev–Trinajstić information content (AvgIpc) is 3.00. The third-order valence-electron chi connectivity index (χ3n) is 6.08. The predicted molar refractivity (Wildman–Crippen MR) is 108 cm³/mol. The number of rotatable bonds is 7. The van der Waals surface area contributed by atoms with Crippen LogP contribution in [0.3, 0.4) is 0 Å². The molecule has 156 valence electrons. The summed E-state index contributed by atoms with van der Waals surface area (Å²) in [6, 6.07) is 6.71. The van der Waals surface area contributed by atoms with Crippen LogP contribution >= 0.6 is 0 Å². The number of carbonyl (C=O) groups is 1. The zero-order chi connectivity index (χ0) is 20.1. The lowest BCUT2D eigenvalue weighted by molar-refractivity contribution is -0.131. The highest BCUT2D eigenvalue weighted by Gasteiger charge is 2.30. The van der Waals surface area contributed by atoms with Crippen LogP contribution in [0.5, 0.6) is 0 Å². The highest BCUT2D eigenvalue weighted by molar-refractivity contribution is 7.91. The van der Waals surface area contributed by atoms with E-state index in [1.807, 2.05) is 19.2 Å². The molecule has 1 aromatic carbocycles. The predicted octanol–water partition coefficient (Wildman–Crippen LogP) is 2.36. The minimum Gasteiger partial charge on any atom is -0.345 e. The second-order valence-corrected chi connectivity index (χ2v) is 10.6. The fourth-order valence-electron chi connectivity index (χ4n) is 4.26. The summed E-state index contributed by atoms with van der Waals surface area (Å²) in [5, 5.41) is 0. The van der Waals surface area contributed by atoms with E-state index in [9.17, 15) is 17.6 Å². The van der Waals surface area contributed by atoms with Crippen molar-refractivity contribution in [3.05, 3.63) is 35.6 Å². The van der Waals surface area contributed by atoms with Crippen LogP contribution in [0.25, 0.3) is 0 Å². The van der Waals surface area contributed by atoms with Crippen molar-refractivity contribution >= 4 is 15.7 Å². The molecule has 2 aliphatic rings. The van der Waals surface area contributed by atoms with Crippen molar-refractivity contribution in [3.63, 3.8) is 0 Å². The van der Waals surface area contributed by atoms with Gasteiger partial charge in [0.05, 0.1) is 11.5 Å². The molecule has 2 heterocycles. The van der Waals surface area contributed by atoms with Gasteiger partial charge in [0.15, 0.2) is 9.84 Å². The molecular weight excluding hydrogens is 379 g/mol. The summed E-state index contributed by atoms with van der Waals surface area (Å²) in [5.41, 5.74) is 1.16. The first kappa shape index (κ1) is 21.2. The van der Waals surface area contributed by atoms with Crippen molar-refractivity contribution in [2.45, 2.75) is 32.1 Å². The number of sulfone groups is 1. The molecule has 0 bridgehead atoms. The Morgan fingerprint density at radius 1 is 1.14 bits per heavy atom. The van der Waals surface area contributed by atoms with E-state index in [1.54, 1.807) is 4.90 Å².